The lowest BCUT2D eigenvalue weighted by Crippen LogP contribution is -2.50. The molecule has 7 heteroatoms. The minimum Gasteiger partial charge on any atom is -0.322 e. The number of nitrogens with one attached hydrogen (secondary N) is 1. The first kappa shape index (κ1) is 23.1. The first-order valence-corrected chi connectivity index (χ1v) is 12.2. The average molecular weight is 469 g/mol. The van der Waals surface area contributed by atoms with Crippen LogP contribution in [0.25, 0.3) is 22.6 Å². The number of benzene rings is 2. The van der Waals surface area contributed by atoms with Crippen LogP contribution in [-0.2, 0) is 6.54 Å². The molecule has 35 heavy (non-hydrogen) atoms. The molecule has 5 rings (SSSR count). The van der Waals surface area contributed by atoms with Gasteiger partial charge in [0.05, 0.1) is 0 Å². The van der Waals surface area contributed by atoms with Gasteiger partial charge >= 0.3 is 6.03 Å². The number of pyridine rings is 1. The monoisotopic (exact) mass is 468 g/mol. The normalized spacial score (nSPS) is 14.4. The van der Waals surface area contributed by atoms with Crippen molar-refractivity contribution < 1.29 is 4.79 Å². The number of urea groups is 1. The highest BCUT2D eigenvalue weighted by molar-refractivity contribution is 5.89. The summed E-state index contributed by atoms with van der Waals surface area (Å²) in [5.74, 6) is 0.949. The Bertz CT molecular complexity index is 1320. The van der Waals surface area contributed by atoms with Crippen LogP contribution >= 0.6 is 0 Å². The highest BCUT2D eigenvalue weighted by Crippen LogP contribution is 2.24. The van der Waals surface area contributed by atoms with Crippen molar-refractivity contribution in [1.82, 2.24) is 24.3 Å². The average Bonchev–Trinajstić information content (AvgIpc) is 3.21. The van der Waals surface area contributed by atoms with Gasteiger partial charge in [-0.2, -0.15) is 0 Å². The molecule has 2 amide bonds. The molecule has 0 aliphatic carbocycles. The van der Waals surface area contributed by atoms with E-state index in [-0.39, 0.29) is 6.03 Å². The summed E-state index contributed by atoms with van der Waals surface area (Å²) in [5.41, 5.74) is 7.31. The number of nitrogens with zero attached hydrogens (tertiary/aromatic N) is 5. The van der Waals surface area contributed by atoms with Gasteiger partial charge in [0, 0.05) is 56.7 Å². The van der Waals surface area contributed by atoms with Gasteiger partial charge in [0.25, 0.3) is 0 Å². The van der Waals surface area contributed by atoms with E-state index in [9.17, 15) is 4.79 Å². The van der Waals surface area contributed by atoms with Crippen molar-refractivity contribution in [2.24, 2.45) is 0 Å². The molecule has 3 heterocycles. The maximum atomic E-state index is 12.8. The molecule has 180 valence electrons. The zero-order chi connectivity index (χ0) is 24.4. The summed E-state index contributed by atoms with van der Waals surface area (Å²) in [6, 6.07) is 18.5. The van der Waals surface area contributed by atoms with Gasteiger partial charge in [0.15, 0.2) is 5.65 Å². The molecule has 4 aromatic rings. The SMILES string of the molecule is Cc1ccc(-c2nc3cccnc3n2CCN2CCN(C(=O)Nc3cc(C)cc(C)c3)CC2)cc1. The Morgan fingerprint density at radius 2 is 1.60 bits per heavy atom. The van der Waals surface area contributed by atoms with Gasteiger partial charge in [-0.1, -0.05) is 35.9 Å². The summed E-state index contributed by atoms with van der Waals surface area (Å²) in [6.07, 6.45) is 1.83. The third-order valence-electron chi connectivity index (χ3n) is 6.59. The smallest absolute Gasteiger partial charge is 0.321 e. The molecule has 2 aromatic carbocycles. The van der Waals surface area contributed by atoms with Crippen LogP contribution in [0.5, 0.6) is 0 Å². The number of rotatable bonds is 5. The van der Waals surface area contributed by atoms with Crippen molar-refractivity contribution in [2.75, 3.05) is 38.0 Å². The standard InChI is InChI=1S/C28H32N6O/c1-20-6-8-23(9-7-20)26-31-25-5-4-10-29-27(25)34(26)16-13-32-11-14-33(15-12-32)28(35)30-24-18-21(2)17-22(3)19-24/h4-10,17-19H,11-16H2,1-3H3,(H,30,35). The third kappa shape index (κ3) is 5.20. The molecule has 1 aliphatic heterocycles. The van der Waals surface area contributed by atoms with E-state index in [4.69, 9.17) is 4.98 Å². The second kappa shape index (κ2) is 9.88. The third-order valence-corrected chi connectivity index (χ3v) is 6.59. The second-order valence-electron chi connectivity index (χ2n) is 9.43. The van der Waals surface area contributed by atoms with Crippen LogP contribution in [0.15, 0.2) is 60.8 Å². The largest absolute Gasteiger partial charge is 0.322 e. The van der Waals surface area contributed by atoms with Crippen LogP contribution in [0.1, 0.15) is 16.7 Å². The summed E-state index contributed by atoms with van der Waals surface area (Å²) in [5, 5.41) is 3.06. The predicted molar refractivity (Wildman–Crippen MR) is 141 cm³/mol. The van der Waals surface area contributed by atoms with Gasteiger partial charge in [0.2, 0.25) is 0 Å². The number of hydrogen-bond donors (Lipinski definition) is 1. The van der Waals surface area contributed by atoms with Crippen LogP contribution in [0, 0.1) is 20.8 Å². The maximum Gasteiger partial charge on any atom is 0.321 e. The van der Waals surface area contributed by atoms with Gasteiger partial charge in [-0.15, -0.1) is 0 Å². The molecule has 1 fully saturated rings. The number of carbonyl (C=O) groups excluding carboxylic acids is 1. The van der Waals surface area contributed by atoms with Gasteiger partial charge < -0.3 is 14.8 Å². The first-order valence-electron chi connectivity index (χ1n) is 12.2. The molecule has 0 unspecified atom stereocenters. The van der Waals surface area contributed by atoms with Crippen molar-refractivity contribution in [1.29, 1.82) is 0 Å². The Hall–Kier alpha value is -3.71. The molecule has 1 saturated heterocycles. The molecule has 0 radical (unpaired) electrons. The Morgan fingerprint density at radius 3 is 2.31 bits per heavy atom. The number of aromatic nitrogens is 3. The lowest BCUT2D eigenvalue weighted by Gasteiger charge is -2.34. The maximum absolute atomic E-state index is 12.8. The number of amides is 2. The minimum absolute atomic E-state index is 0.0267. The van der Waals surface area contributed by atoms with Crippen molar-refractivity contribution in [3.8, 4) is 11.4 Å². The lowest BCUT2D eigenvalue weighted by molar-refractivity contribution is 0.145. The molecule has 7 nitrogen and oxygen atoms in total. The fourth-order valence-electron chi connectivity index (χ4n) is 4.76. The number of aryl methyl sites for hydroxylation is 3. The highest BCUT2D eigenvalue weighted by Gasteiger charge is 2.22. The first-order chi connectivity index (χ1) is 17.0. The number of carbonyl (C=O) groups is 1. The molecule has 2 aromatic heterocycles. The molecule has 0 bridgehead atoms. The molecule has 0 saturated carbocycles. The number of imidazole rings is 1. The Labute approximate surface area is 206 Å². The van der Waals surface area contributed by atoms with E-state index in [1.54, 1.807) is 0 Å². The van der Waals surface area contributed by atoms with Crippen LogP contribution < -0.4 is 5.32 Å². The zero-order valence-corrected chi connectivity index (χ0v) is 20.7. The van der Waals surface area contributed by atoms with E-state index in [0.717, 1.165) is 65.5 Å². The van der Waals surface area contributed by atoms with Gasteiger partial charge in [0.1, 0.15) is 11.3 Å². The van der Waals surface area contributed by atoms with E-state index in [1.165, 1.54) is 5.56 Å². The number of fused-ring (bicyclic) bond motifs is 1. The molecule has 0 atom stereocenters. The Balaban J connectivity index is 1.23. The molecular weight excluding hydrogens is 436 g/mol. The van der Waals surface area contributed by atoms with Crippen LogP contribution in [0.2, 0.25) is 0 Å². The van der Waals surface area contributed by atoms with Gasteiger partial charge in [-0.05, 0) is 56.2 Å². The Kier molecular flexibility index (Phi) is 6.51. The predicted octanol–water partition coefficient (Wildman–Crippen LogP) is 4.87. The molecular formula is C28H32N6O. The summed E-state index contributed by atoms with van der Waals surface area (Å²) in [7, 11) is 0. The number of piperazine rings is 1. The van der Waals surface area contributed by atoms with Gasteiger partial charge in [-0.3, -0.25) is 4.90 Å². The van der Waals surface area contributed by atoms with Crippen LogP contribution in [0.3, 0.4) is 0 Å². The second-order valence-corrected chi connectivity index (χ2v) is 9.43. The summed E-state index contributed by atoms with van der Waals surface area (Å²) < 4.78 is 2.22. The topological polar surface area (TPSA) is 66.3 Å². The molecule has 0 spiro atoms. The summed E-state index contributed by atoms with van der Waals surface area (Å²) in [6.45, 7) is 11.0. The van der Waals surface area contributed by atoms with E-state index in [1.807, 2.05) is 49.2 Å². The number of hydrogen-bond acceptors (Lipinski definition) is 4. The number of anilines is 1. The highest BCUT2D eigenvalue weighted by atomic mass is 16.2. The van der Waals surface area contributed by atoms with E-state index < -0.39 is 0 Å². The van der Waals surface area contributed by atoms with E-state index in [0.29, 0.717) is 13.1 Å². The quantitative estimate of drug-likeness (QED) is 0.454. The lowest BCUT2D eigenvalue weighted by atomic mass is 10.1. The van der Waals surface area contributed by atoms with Crippen molar-refractivity contribution in [3.05, 3.63) is 77.5 Å². The summed E-state index contributed by atoms with van der Waals surface area (Å²) >= 11 is 0. The van der Waals surface area contributed by atoms with Crippen LogP contribution in [-0.4, -0.2) is 63.1 Å². The van der Waals surface area contributed by atoms with Gasteiger partial charge in [-0.25, -0.2) is 14.8 Å². The van der Waals surface area contributed by atoms with Crippen molar-refractivity contribution >= 4 is 22.9 Å². The fraction of sp³-hybridized carbons (Fsp3) is 0.321. The molecule has 1 N–H and O–H groups in total. The van der Waals surface area contributed by atoms with Crippen molar-refractivity contribution in [3.63, 3.8) is 0 Å². The zero-order valence-electron chi connectivity index (χ0n) is 20.7. The van der Waals surface area contributed by atoms with E-state index >= 15 is 0 Å². The summed E-state index contributed by atoms with van der Waals surface area (Å²) in [4.78, 5) is 26.6. The molecule has 1 aliphatic rings. The van der Waals surface area contributed by atoms with Crippen LogP contribution in [0.4, 0.5) is 10.5 Å². The van der Waals surface area contributed by atoms with E-state index in [2.05, 4.69) is 57.0 Å². The van der Waals surface area contributed by atoms with Crippen molar-refractivity contribution in [2.45, 2.75) is 27.3 Å². The minimum atomic E-state index is -0.0267. The Morgan fingerprint density at radius 1 is 0.886 bits per heavy atom. The fourth-order valence-corrected chi connectivity index (χ4v) is 4.76.